The van der Waals surface area contributed by atoms with E-state index in [0.717, 1.165) is 44.5 Å². The van der Waals surface area contributed by atoms with E-state index < -0.39 is 0 Å². The van der Waals surface area contributed by atoms with Gasteiger partial charge in [-0.2, -0.15) is 0 Å². The molecule has 0 unspecified atom stereocenters. The topological polar surface area (TPSA) is 37.4 Å². The van der Waals surface area contributed by atoms with Gasteiger partial charge in [0.1, 0.15) is 5.82 Å². The van der Waals surface area contributed by atoms with Crippen LogP contribution in [0.25, 0.3) is 0 Å². The number of hydrogen-bond acceptors (Lipinski definition) is 4. The normalized spacial score (nSPS) is 20.5. The highest BCUT2D eigenvalue weighted by Gasteiger charge is 2.23. The second kappa shape index (κ2) is 5.88. The second-order valence-corrected chi connectivity index (χ2v) is 5.60. The Kier molecular flexibility index (Phi) is 3.99. The lowest BCUT2D eigenvalue weighted by Crippen LogP contribution is -2.38. The summed E-state index contributed by atoms with van der Waals surface area (Å²) in [6.45, 7) is 2.68. The van der Waals surface area contributed by atoms with Gasteiger partial charge in [0.2, 0.25) is 0 Å². The van der Waals surface area contributed by atoms with Gasteiger partial charge >= 0.3 is 0 Å². The molecule has 0 amide bonds. The minimum atomic E-state index is 0.559. The fourth-order valence-corrected chi connectivity index (χ4v) is 2.67. The maximum atomic E-state index is 5.44. The molecule has 3 rings (SSSR count). The molecule has 0 atom stereocenters. The van der Waals surface area contributed by atoms with E-state index in [1.807, 2.05) is 12.3 Å². The molecule has 1 aliphatic carbocycles. The van der Waals surface area contributed by atoms with E-state index in [1.165, 1.54) is 18.4 Å². The molecule has 19 heavy (non-hydrogen) atoms. The molecule has 4 heteroatoms. The number of hydrogen-bond donors (Lipinski definition) is 1. The lowest BCUT2D eigenvalue weighted by molar-refractivity contribution is 0.0853. The molecular weight excluding hydrogens is 238 g/mol. The first kappa shape index (κ1) is 12.9. The Morgan fingerprint density at radius 2 is 2.11 bits per heavy atom. The van der Waals surface area contributed by atoms with Crippen LogP contribution in [0.3, 0.4) is 0 Å². The molecule has 2 aliphatic rings. The van der Waals surface area contributed by atoms with Crippen LogP contribution in [0.4, 0.5) is 5.82 Å². The third-order valence-corrected chi connectivity index (χ3v) is 4.10. The SMILES string of the molecule is CN(c1ncccc1CNC1CC1)C1CCOCC1. The summed E-state index contributed by atoms with van der Waals surface area (Å²) in [5, 5.41) is 3.58. The number of nitrogens with one attached hydrogen (secondary N) is 1. The average molecular weight is 261 g/mol. The minimum Gasteiger partial charge on any atom is -0.381 e. The second-order valence-electron chi connectivity index (χ2n) is 5.60. The molecule has 104 valence electrons. The van der Waals surface area contributed by atoms with Crippen LogP contribution in [-0.2, 0) is 11.3 Å². The summed E-state index contributed by atoms with van der Waals surface area (Å²) in [4.78, 5) is 6.94. The third-order valence-electron chi connectivity index (χ3n) is 4.10. The zero-order valence-corrected chi connectivity index (χ0v) is 11.6. The van der Waals surface area contributed by atoms with Crippen molar-refractivity contribution in [2.45, 2.75) is 44.3 Å². The highest BCUT2D eigenvalue weighted by Crippen LogP contribution is 2.24. The number of rotatable bonds is 5. The Bertz CT molecular complexity index is 414. The predicted molar refractivity (Wildman–Crippen MR) is 76.3 cm³/mol. The smallest absolute Gasteiger partial charge is 0.133 e. The largest absolute Gasteiger partial charge is 0.381 e. The van der Waals surface area contributed by atoms with Gasteiger partial charge in [0, 0.05) is 50.7 Å². The van der Waals surface area contributed by atoms with Crippen molar-refractivity contribution in [1.82, 2.24) is 10.3 Å². The fraction of sp³-hybridized carbons (Fsp3) is 0.667. The van der Waals surface area contributed by atoms with Crippen molar-refractivity contribution in [2.24, 2.45) is 0 Å². The van der Waals surface area contributed by atoms with Crippen LogP contribution in [0.15, 0.2) is 18.3 Å². The Hall–Kier alpha value is -1.13. The summed E-state index contributed by atoms with van der Waals surface area (Å²) in [6, 6.07) is 5.52. The third kappa shape index (κ3) is 3.25. The lowest BCUT2D eigenvalue weighted by Gasteiger charge is -2.33. The lowest BCUT2D eigenvalue weighted by atomic mass is 10.1. The van der Waals surface area contributed by atoms with Gasteiger partial charge in [-0.05, 0) is 31.7 Å². The first-order valence-electron chi connectivity index (χ1n) is 7.32. The van der Waals surface area contributed by atoms with Gasteiger partial charge in [-0.25, -0.2) is 4.98 Å². The number of anilines is 1. The summed E-state index contributed by atoms with van der Waals surface area (Å²) in [6.07, 6.45) is 6.74. The summed E-state index contributed by atoms with van der Waals surface area (Å²) in [7, 11) is 2.17. The Morgan fingerprint density at radius 3 is 2.84 bits per heavy atom. The molecule has 1 saturated carbocycles. The Morgan fingerprint density at radius 1 is 1.32 bits per heavy atom. The summed E-state index contributed by atoms with van der Waals surface area (Å²) in [5.41, 5.74) is 1.31. The van der Waals surface area contributed by atoms with Crippen molar-refractivity contribution < 1.29 is 4.74 Å². The molecule has 0 radical (unpaired) electrons. The van der Waals surface area contributed by atoms with Gasteiger partial charge < -0.3 is 15.0 Å². The van der Waals surface area contributed by atoms with E-state index in [2.05, 4.69) is 28.3 Å². The Balaban J connectivity index is 1.70. The van der Waals surface area contributed by atoms with Crippen molar-refractivity contribution in [1.29, 1.82) is 0 Å². The molecule has 1 aromatic heterocycles. The maximum Gasteiger partial charge on any atom is 0.133 e. The van der Waals surface area contributed by atoms with Crippen molar-refractivity contribution in [3.8, 4) is 0 Å². The van der Waals surface area contributed by atoms with Crippen molar-refractivity contribution in [2.75, 3.05) is 25.2 Å². The molecular formula is C15H23N3O. The van der Waals surface area contributed by atoms with E-state index >= 15 is 0 Å². The molecule has 1 saturated heterocycles. The number of nitrogens with zero attached hydrogens (tertiary/aromatic N) is 2. The monoisotopic (exact) mass is 261 g/mol. The van der Waals surface area contributed by atoms with Gasteiger partial charge in [0.05, 0.1) is 0 Å². The molecule has 1 aromatic rings. The molecule has 0 bridgehead atoms. The van der Waals surface area contributed by atoms with Gasteiger partial charge in [0.15, 0.2) is 0 Å². The van der Waals surface area contributed by atoms with Gasteiger partial charge in [-0.1, -0.05) is 6.07 Å². The van der Waals surface area contributed by atoms with Crippen LogP contribution < -0.4 is 10.2 Å². The van der Waals surface area contributed by atoms with E-state index in [4.69, 9.17) is 4.74 Å². The molecule has 1 aliphatic heterocycles. The first-order chi connectivity index (χ1) is 9.34. The molecule has 0 aromatic carbocycles. The maximum absolute atomic E-state index is 5.44. The number of aromatic nitrogens is 1. The first-order valence-corrected chi connectivity index (χ1v) is 7.32. The minimum absolute atomic E-state index is 0.559. The van der Waals surface area contributed by atoms with E-state index in [-0.39, 0.29) is 0 Å². The zero-order chi connectivity index (χ0) is 13.1. The fourth-order valence-electron chi connectivity index (χ4n) is 2.67. The van der Waals surface area contributed by atoms with Crippen LogP contribution in [0.5, 0.6) is 0 Å². The van der Waals surface area contributed by atoms with Crippen LogP contribution >= 0.6 is 0 Å². The summed E-state index contributed by atoms with van der Waals surface area (Å²) >= 11 is 0. The number of ether oxygens (including phenoxy) is 1. The highest BCUT2D eigenvalue weighted by molar-refractivity contribution is 5.47. The Labute approximate surface area is 115 Å². The van der Waals surface area contributed by atoms with Gasteiger partial charge in [0.25, 0.3) is 0 Å². The van der Waals surface area contributed by atoms with Gasteiger partial charge in [-0.3, -0.25) is 0 Å². The van der Waals surface area contributed by atoms with Crippen molar-refractivity contribution in [3.63, 3.8) is 0 Å². The predicted octanol–water partition coefficient (Wildman–Crippen LogP) is 1.95. The van der Waals surface area contributed by atoms with E-state index in [0.29, 0.717) is 6.04 Å². The van der Waals surface area contributed by atoms with E-state index in [9.17, 15) is 0 Å². The van der Waals surface area contributed by atoms with Crippen LogP contribution in [0.1, 0.15) is 31.2 Å². The highest BCUT2D eigenvalue weighted by atomic mass is 16.5. The molecule has 2 heterocycles. The van der Waals surface area contributed by atoms with Crippen LogP contribution in [0, 0.1) is 0 Å². The zero-order valence-electron chi connectivity index (χ0n) is 11.6. The molecule has 0 spiro atoms. The molecule has 2 fully saturated rings. The summed E-state index contributed by atoms with van der Waals surface area (Å²) in [5.74, 6) is 1.13. The van der Waals surface area contributed by atoms with Crippen molar-refractivity contribution in [3.05, 3.63) is 23.9 Å². The summed E-state index contributed by atoms with van der Waals surface area (Å²) < 4.78 is 5.44. The molecule has 4 nitrogen and oxygen atoms in total. The van der Waals surface area contributed by atoms with Crippen molar-refractivity contribution >= 4 is 5.82 Å². The molecule has 1 N–H and O–H groups in total. The number of pyridine rings is 1. The van der Waals surface area contributed by atoms with Crippen LogP contribution in [-0.4, -0.2) is 37.3 Å². The van der Waals surface area contributed by atoms with E-state index in [1.54, 1.807) is 0 Å². The quantitative estimate of drug-likeness (QED) is 0.879. The van der Waals surface area contributed by atoms with Gasteiger partial charge in [-0.15, -0.1) is 0 Å². The van der Waals surface area contributed by atoms with Crippen LogP contribution in [0.2, 0.25) is 0 Å². The standard InChI is InChI=1S/C15H23N3O/c1-18(14-6-9-19-10-7-14)15-12(3-2-8-16-15)11-17-13-4-5-13/h2-3,8,13-14,17H,4-7,9-11H2,1H3. The average Bonchev–Trinajstić information content (AvgIpc) is 3.30.